The average Bonchev–Trinajstić information content (AvgIpc) is 2.74. The zero-order chi connectivity index (χ0) is 24.6. The van der Waals surface area contributed by atoms with E-state index in [1.165, 1.54) is 4.90 Å². The van der Waals surface area contributed by atoms with E-state index in [0.717, 1.165) is 33.7 Å². The van der Waals surface area contributed by atoms with Crippen LogP contribution in [0.5, 0.6) is 0 Å². The van der Waals surface area contributed by atoms with Gasteiger partial charge in [0, 0.05) is 13.1 Å². The van der Waals surface area contributed by atoms with Crippen LogP contribution in [0.3, 0.4) is 0 Å². The SMILES string of the molecule is CCCNC(=O)C(CC)N(Cc1cccc(C)c1)C(=O)CN(c1cccc(C)c1)S(C)(=O)=O. The molecule has 0 bridgehead atoms. The summed E-state index contributed by atoms with van der Waals surface area (Å²) in [6.07, 6.45) is 2.28. The van der Waals surface area contributed by atoms with E-state index in [9.17, 15) is 18.0 Å². The third-order valence-electron chi connectivity index (χ3n) is 5.34. The van der Waals surface area contributed by atoms with Crippen LogP contribution in [0.4, 0.5) is 5.69 Å². The quantitative estimate of drug-likeness (QED) is 0.542. The van der Waals surface area contributed by atoms with Crippen molar-refractivity contribution in [1.29, 1.82) is 0 Å². The normalized spacial score (nSPS) is 12.2. The lowest BCUT2D eigenvalue weighted by atomic mass is 10.1. The molecule has 2 aromatic carbocycles. The van der Waals surface area contributed by atoms with Gasteiger partial charge in [-0.2, -0.15) is 0 Å². The number of sulfonamides is 1. The molecule has 1 unspecified atom stereocenters. The van der Waals surface area contributed by atoms with E-state index in [0.29, 0.717) is 18.7 Å². The number of carbonyl (C=O) groups is 2. The molecule has 0 aromatic heterocycles. The highest BCUT2D eigenvalue weighted by Crippen LogP contribution is 2.21. The van der Waals surface area contributed by atoms with Crippen LogP contribution < -0.4 is 9.62 Å². The van der Waals surface area contributed by atoms with Crippen LogP contribution in [0.25, 0.3) is 0 Å². The Morgan fingerprint density at radius 2 is 1.64 bits per heavy atom. The molecule has 2 rings (SSSR count). The van der Waals surface area contributed by atoms with Crippen molar-refractivity contribution in [1.82, 2.24) is 10.2 Å². The Hall–Kier alpha value is -2.87. The first-order valence-electron chi connectivity index (χ1n) is 11.2. The number of carbonyl (C=O) groups excluding carboxylic acids is 2. The van der Waals surface area contributed by atoms with Crippen molar-refractivity contribution in [2.24, 2.45) is 0 Å². The first kappa shape index (κ1) is 26.4. The van der Waals surface area contributed by atoms with Gasteiger partial charge >= 0.3 is 0 Å². The number of anilines is 1. The van der Waals surface area contributed by atoms with E-state index < -0.39 is 22.0 Å². The maximum absolute atomic E-state index is 13.6. The molecule has 0 fully saturated rings. The summed E-state index contributed by atoms with van der Waals surface area (Å²) in [6, 6.07) is 14.0. The number of hydrogen-bond donors (Lipinski definition) is 1. The van der Waals surface area contributed by atoms with Crippen molar-refractivity contribution < 1.29 is 18.0 Å². The summed E-state index contributed by atoms with van der Waals surface area (Å²) in [4.78, 5) is 28.0. The third-order valence-corrected chi connectivity index (χ3v) is 6.48. The van der Waals surface area contributed by atoms with Crippen molar-refractivity contribution >= 4 is 27.5 Å². The lowest BCUT2D eigenvalue weighted by Gasteiger charge is -2.33. The molecule has 8 heteroatoms. The van der Waals surface area contributed by atoms with Crippen molar-refractivity contribution in [3.8, 4) is 0 Å². The van der Waals surface area contributed by atoms with Crippen LogP contribution in [0.2, 0.25) is 0 Å². The predicted molar refractivity (Wildman–Crippen MR) is 132 cm³/mol. The maximum atomic E-state index is 13.6. The summed E-state index contributed by atoms with van der Waals surface area (Å²) >= 11 is 0. The van der Waals surface area contributed by atoms with Crippen molar-refractivity contribution in [2.75, 3.05) is 23.7 Å². The molecule has 2 aromatic rings. The monoisotopic (exact) mass is 473 g/mol. The lowest BCUT2D eigenvalue weighted by molar-refractivity contribution is -0.140. The van der Waals surface area contributed by atoms with Gasteiger partial charge in [0.25, 0.3) is 0 Å². The largest absolute Gasteiger partial charge is 0.354 e. The standard InChI is InChI=1S/C25H35N3O4S/c1-6-14-26-25(30)23(7-2)27(17-21-12-8-10-19(3)15-21)24(29)18-28(33(5,31)32)22-13-9-11-20(4)16-22/h8-13,15-16,23H,6-7,14,17-18H2,1-5H3,(H,26,30). The first-order chi connectivity index (χ1) is 15.6. The van der Waals surface area contributed by atoms with E-state index in [2.05, 4.69) is 5.32 Å². The topological polar surface area (TPSA) is 86.8 Å². The van der Waals surface area contributed by atoms with E-state index in [1.807, 2.05) is 58.0 Å². The highest BCUT2D eigenvalue weighted by Gasteiger charge is 2.31. The Balaban J connectivity index is 2.42. The molecule has 0 radical (unpaired) electrons. The second-order valence-corrected chi connectivity index (χ2v) is 10.2. The molecule has 7 nitrogen and oxygen atoms in total. The number of hydrogen-bond acceptors (Lipinski definition) is 4. The van der Waals surface area contributed by atoms with Crippen molar-refractivity contribution in [3.63, 3.8) is 0 Å². The summed E-state index contributed by atoms with van der Waals surface area (Å²) in [6.45, 7) is 7.98. The van der Waals surface area contributed by atoms with Gasteiger partial charge in [-0.05, 0) is 49.9 Å². The lowest BCUT2D eigenvalue weighted by Crippen LogP contribution is -2.52. The van der Waals surface area contributed by atoms with Crippen LogP contribution in [-0.4, -0.2) is 50.5 Å². The van der Waals surface area contributed by atoms with Crippen molar-refractivity contribution in [2.45, 2.75) is 53.1 Å². The molecule has 180 valence electrons. The fourth-order valence-electron chi connectivity index (χ4n) is 3.69. The molecule has 1 N–H and O–H groups in total. The summed E-state index contributed by atoms with van der Waals surface area (Å²) in [5.74, 6) is -0.663. The van der Waals surface area contributed by atoms with E-state index in [4.69, 9.17) is 0 Å². The van der Waals surface area contributed by atoms with Gasteiger partial charge in [-0.25, -0.2) is 8.42 Å². The maximum Gasteiger partial charge on any atom is 0.244 e. The summed E-state index contributed by atoms with van der Waals surface area (Å²) < 4.78 is 26.3. The van der Waals surface area contributed by atoms with Gasteiger partial charge in [-0.1, -0.05) is 55.8 Å². The second-order valence-electron chi connectivity index (χ2n) is 8.33. The number of amides is 2. The van der Waals surface area contributed by atoms with Gasteiger partial charge < -0.3 is 10.2 Å². The second kappa shape index (κ2) is 11.8. The zero-order valence-electron chi connectivity index (χ0n) is 20.2. The van der Waals surface area contributed by atoms with E-state index in [-0.39, 0.29) is 19.0 Å². The first-order valence-corrected chi connectivity index (χ1v) is 13.1. The number of rotatable bonds is 11. The fourth-order valence-corrected chi connectivity index (χ4v) is 4.53. The molecule has 0 saturated carbocycles. The van der Waals surface area contributed by atoms with Gasteiger partial charge in [-0.15, -0.1) is 0 Å². The van der Waals surface area contributed by atoms with Crippen LogP contribution in [0.1, 0.15) is 43.4 Å². The molecule has 0 heterocycles. The minimum atomic E-state index is -3.72. The number of nitrogens with zero attached hydrogens (tertiary/aromatic N) is 2. The molecule has 0 spiro atoms. The smallest absolute Gasteiger partial charge is 0.244 e. The molecular formula is C25H35N3O4S. The zero-order valence-corrected chi connectivity index (χ0v) is 21.0. The summed E-state index contributed by atoms with van der Waals surface area (Å²) in [5, 5.41) is 2.87. The molecule has 0 aliphatic rings. The van der Waals surface area contributed by atoms with Crippen molar-refractivity contribution in [3.05, 3.63) is 65.2 Å². The summed E-state index contributed by atoms with van der Waals surface area (Å²) in [7, 11) is -3.72. The molecule has 0 aliphatic heterocycles. The molecule has 0 saturated heterocycles. The third kappa shape index (κ3) is 7.60. The van der Waals surface area contributed by atoms with Gasteiger partial charge in [0.15, 0.2) is 0 Å². The Kier molecular flexibility index (Phi) is 9.46. The van der Waals surface area contributed by atoms with Crippen LogP contribution >= 0.6 is 0 Å². The minimum Gasteiger partial charge on any atom is -0.354 e. The Morgan fingerprint density at radius 3 is 2.18 bits per heavy atom. The Morgan fingerprint density at radius 1 is 1.00 bits per heavy atom. The van der Waals surface area contributed by atoms with Crippen LogP contribution in [-0.2, 0) is 26.2 Å². The highest BCUT2D eigenvalue weighted by molar-refractivity contribution is 7.92. The van der Waals surface area contributed by atoms with Crippen LogP contribution in [0.15, 0.2) is 48.5 Å². The van der Waals surface area contributed by atoms with Gasteiger partial charge in [-0.3, -0.25) is 13.9 Å². The molecule has 0 aliphatic carbocycles. The molecule has 2 amide bonds. The predicted octanol–water partition coefficient (Wildman–Crippen LogP) is 3.40. The van der Waals surface area contributed by atoms with Gasteiger partial charge in [0.05, 0.1) is 11.9 Å². The van der Waals surface area contributed by atoms with E-state index >= 15 is 0 Å². The number of aryl methyl sites for hydroxylation is 2. The van der Waals surface area contributed by atoms with Gasteiger partial charge in [0.2, 0.25) is 21.8 Å². The summed E-state index contributed by atoms with van der Waals surface area (Å²) in [5.41, 5.74) is 3.23. The minimum absolute atomic E-state index is 0.212. The number of benzene rings is 2. The molecule has 1 atom stereocenters. The van der Waals surface area contributed by atoms with E-state index in [1.54, 1.807) is 18.2 Å². The highest BCUT2D eigenvalue weighted by atomic mass is 32.2. The molecule has 33 heavy (non-hydrogen) atoms. The Bertz CT molecular complexity index is 1070. The average molecular weight is 474 g/mol. The number of nitrogens with one attached hydrogen (secondary N) is 1. The van der Waals surface area contributed by atoms with Gasteiger partial charge in [0.1, 0.15) is 12.6 Å². The molecular weight excluding hydrogens is 438 g/mol. The fraction of sp³-hybridized carbons (Fsp3) is 0.440. The van der Waals surface area contributed by atoms with Crippen LogP contribution in [0, 0.1) is 13.8 Å². The Labute approximate surface area is 197 Å².